The van der Waals surface area contributed by atoms with Crippen LogP contribution in [-0.4, -0.2) is 28.1 Å². The first-order chi connectivity index (χ1) is 16.1. The van der Waals surface area contributed by atoms with Crippen molar-refractivity contribution in [2.24, 2.45) is 0 Å². The Morgan fingerprint density at radius 2 is 1.56 bits per heavy atom. The summed E-state index contributed by atoms with van der Waals surface area (Å²) in [6.45, 7) is 5.34. The van der Waals surface area contributed by atoms with Gasteiger partial charge >= 0.3 is 17.9 Å². The average molecular weight is 463 g/mol. The van der Waals surface area contributed by atoms with Crippen LogP contribution in [0, 0.1) is 13.8 Å². The minimum atomic E-state index is -1.58. The molecule has 176 valence electrons. The smallest absolute Gasteiger partial charge is 0.394 e. The zero-order chi connectivity index (χ0) is 24.8. The maximum atomic E-state index is 12.4. The molecular formula is C25H25N3O6. The molecule has 0 saturated heterocycles. The van der Waals surface area contributed by atoms with Crippen LogP contribution in [0.25, 0.3) is 0 Å². The summed E-state index contributed by atoms with van der Waals surface area (Å²) in [5.74, 6) is -2.00. The number of amides is 3. The maximum Gasteiger partial charge on any atom is 0.394 e. The number of ether oxygens (including phenoxy) is 1. The van der Waals surface area contributed by atoms with Gasteiger partial charge in [0.1, 0.15) is 17.2 Å². The van der Waals surface area contributed by atoms with E-state index in [2.05, 4.69) is 16.0 Å². The third kappa shape index (κ3) is 6.04. The van der Waals surface area contributed by atoms with Crippen LogP contribution in [0.3, 0.4) is 0 Å². The van der Waals surface area contributed by atoms with Crippen LogP contribution in [-0.2, 0) is 9.59 Å². The van der Waals surface area contributed by atoms with E-state index >= 15 is 0 Å². The molecule has 0 aliphatic rings. The zero-order valence-electron chi connectivity index (χ0n) is 18.9. The normalized spacial score (nSPS) is 11.3. The molecule has 0 saturated carbocycles. The lowest BCUT2D eigenvalue weighted by atomic mass is 10.1. The number of carbonyl (C=O) groups excluding carboxylic acids is 2. The monoisotopic (exact) mass is 463 g/mol. The van der Waals surface area contributed by atoms with Gasteiger partial charge in [-0.25, -0.2) is 9.59 Å². The van der Waals surface area contributed by atoms with Gasteiger partial charge in [0.2, 0.25) is 0 Å². The molecule has 9 nitrogen and oxygen atoms in total. The Bertz CT molecular complexity index is 1200. The molecule has 3 amide bonds. The van der Waals surface area contributed by atoms with E-state index in [-0.39, 0.29) is 17.5 Å². The molecule has 0 aliphatic carbocycles. The minimum absolute atomic E-state index is 0.130. The van der Waals surface area contributed by atoms with E-state index in [0.717, 1.165) is 5.56 Å². The quantitative estimate of drug-likeness (QED) is 0.265. The Morgan fingerprint density at radius 3 is 2.18 bits per heavy atom. The molecule has 5 N–H and O–H groups in total. The Kier molecular flexibility index (Phi) is 7.37. The number of phenols is 1. The third-order valence-electron chi connectivity index (χ3n) is 5.00. The molecule has 9 heteroatoms. The van der Waals surface area contributed by atoms with Crippen LogP contribution in [0.15, 0.2) is 60.7 Å². The van der Waals surface area contributed by atoms with E-state index in [4.69, 9.17) is 9.84 Å². The second-order valence-electron chi connectivity index (χ2n) is 7.71. The fraction of sp³-hybridized carbons (Fsp3) is 0.160. The van der Waals surface area contributed by atoms with Crippen LogP contribution in [0.4, 0.5) is 16.2 Å². The number of aliphatic carboxylic acids is 1. The first kappa shape index (κ1) is 24.1. The van der Waals surface area contributed by atoms with Crippen molar-refractivity contribution in [3.8, 4) is 17.2 Å². The second kappa shape index (κ2) is 10.4. The Labute approximate surface area is 196 Å². The molecule has 3 aromatic rings. The maximum absolute atomic E-state index is 12.4. The van der Waals surface area contributed by atoms with Crippen LogP contribution >= 0.6 is 0 Å². The summed E-state index contributed by atoms with van der Waals surface area (Å²) >= 11 is 0. The van der Waals surface area contributed by atoms with E-state index in [1.165, 1.54) is 12.1 Å². The molecule has 0 bridgehead atoms. The summed E-state index contributed by atoms with van der Waals surface area (Å²) in [6, 6.07) is 16.3. The number of benzene rings is 3. The number of carbonyl (C=O) groups is 3. The van der Waals surface area contributed by atoms with Crippen molar-refractivity contribution in [2.75, 3.05) is 10.6 Å². The number of phenolic OH excluding ortho intramolecular Hbond substituents is 1. The largest absolute Gasteiger partial charge is 0.506 e. The van der Waals surface area contributed by atoms with Crippen molar-refractivity contribution in [3.63, 3.8) is 0 Å². The average Bonchev–Trinajstić information content (AvgIpc) is 2.78. The van der Waals surface area contributed by atoms with Crippen molar-refractivity contribution in [1.82, 2.24) is 5.32 Å². The summed E-state index contributed by atoms with van der Waals surface area (Å²) in [6.07, 6.45) is 0. The van der Waals surface area contributed by atoms with Gasteiger partial charge in [0, 0.05) is 11.8 Å². The Hall–Kier alpha value is -4.53. The molecule has 0 aliphatic heterocycles. The van der Waals surface area contributed by atoms with Gasteiger partial charge in [-0.1, -0.05) is 30.3 Å². The van der Waals surface area contributed by atoms with Crippen molar-refractivity contribution in [3.05, 3.63) is 77.4 Å². The fourth-order valence-corrected chi connectivity index (χ4v) is 3.34. The minimum Gasteiger partial charge on any atom is -0.506 e. The van der Waals surface area contributed by atoms with Gasteiger partial charge in [0.25, 0.3) is 0 Å². The standard InChI is InChI=1S/C25H25N3O6/c1-14-11-18(27-23(30)24(31)32)12-15(2)22(14)34-19-9-10-21(29)20(13-19)28-25(33)26-16(3)17-7-5-4-6-8-17/h4-13,16,29H,1-3H3,(H,27,30)(H,31,32)(H2,26,28,33). The van der Waals surface area contributed by atoms with Crippen molar-refractivity contribution in [2.45, 2.75) is 26.8 Å². The molecule has 3 aromatic carbocycles. The van der Waals surface area contributed by atoms with E-state index in [9.17, 15) is 19.5 Å². The molecule has 1 unspecified atom stereocenters. The van der Waals surface area contributed by atoms with Gasteiger partial charge in [-0.2, -0.15) is 0 Å². The zero-order valence-corrected chi connectivity index (χ0v) is 18.9. The van der Waals surface area contributed by atoms with Gasteiger partial charge in [-0.15, -0.1) is 0 Å². The second-order valence-corrected chi connectivity index (χ2v) is 7.71. The number of aryl methyl sites for hydroxylation is 2. The number of carboxylic acids is 1. The number of urea groups is 1. The molecule has 0 fully saturated rings. The predicted molar refractivity (Wildman–Crippen MR) is 127 cm³/mol. The molecule has 0 radical (unpaired) electrons. The molecular weight excluding hydrogens is 438 g/mol. The number of hydrogen-bond acceptors (Lipinski definition) is 5. The summed E-state index contributed by atoms with van der Waals surface area (Å²) < 4.78 is 5.96. The molecule has 3 rings (SSSR count). The Balaban J connectivity index is 1.73. The number of hydrogen-bond donors (Lipinski definition) is 5. The highest BCUT2D eigenvalue weighted by atomic mass is 16.5. The van der Waals surface area contributed by atoms with Crippen LogP contribution in [0.1, 0.15) is 29.7 Å². The summed E-state index contributed by atoms with van der Waals surface area (Å²) in [4.78, 5) is 34.6. The summed E-state index contributed by atoms with van der Waals surface area (Å²) in [7, 11) is 0. The van der Waals surface area contributed by atoms with Crippen molar-refractivity contribution in [1.29, 1.82) is 0 Å². The third-order valence-corrected chi connectivity index (χ3v) is 5.00. The summed E-state index contributed by atoms with van der Waals surface area (Å²) in [5, 5.41) is 26.7. The van der Waals surface area contributed by atoms with Gasteiger partial charge < -0.3 is 30.9 Å². The lowest BCUT2D eigenvalue weighted by molar-refractivity contribution is -0.147. The van der Waals surface area contributed by atoms with Gasteiger partial charge in [-0.3, -0.25) is 4.79 Å². The number of carboxylic acid groups (broad SMARTS) is 1. The molecule has 1 atom stereocenters. The lowest BCUT2D eigenvalue weighted by Crippen LogP contribution is -2.31. The SMILES string of the molecule is Cc1cc(NC(=O)C(=O)O)cc(C)c1Oc1ccc(O)c(NC(=O)NC(C)c2ccccc2)c1. The van der Waals surface area contributed by atoms with Gasteiger partial charge in [-0.05, 0) is 61.7 Å². The van der Waals surface area contributed by atoms with Crippen LogP contribution in [0.2, 0.25) is 0 Å². The first-order valence-electron chi connectivity index (χ1n) is 10.4. The summed E-state index contributed by atoms with van der Waals surface area (Å²) in [5.41, 5.74) is 2.73. The van der Waals surface area contributed by atoms with E-state index in [1.807, 2.05) is 37.3 Å². The number of nitrogens with one attached hydrogen (secondary N) is 3. The molecule has 0 aromatic heterocycles. The fourth-order valence-electron chi connectivity index (χ4n) is 3.34. The molecule has 0 heterocycles. The highest BCUT2D eigenvalue weighted by molar-refractivity contribution is 6.36. The van der Waals surface area contributed by atoms with E-state index in [0.29, 0.717) is 28.3 Å². The predicted octanol–water partition coefficient (Wildman–Crippen LogP) is 4.71. The Morgan fingerprint density at radius 1 is 0.912 bits per heavy atom. The van der Waals surface area contributed by atoms with Crippen molar-refractivity contribution >= 4 is 29.3 Å². The van der Waals surface area contributed by atoms with E-state index < -0.39 is 17.9 Å². The van der Waals surface area contributed by atoms with Crippen molar-refractivity contribution < 1.29 is 29.3 Å². The van der Waals surface area contributed by atoms with E-state index in [1.54, 1.807) is 32.0 Å². The molecule has 0 spiro atoms. The molecule has 34 heavy (non-hydrogen) atoms. The number of anilines is 2. The van der Waals surface area contributed by atoms with Crippen LogP contribution in [0.5, 0.6) is 17.2 Å². The van der Waals surface area contributed by atoms with Crippen LogP contribution < -0.4 is 20.7 Å². The highest BCUT2D eigenvalue weighted by Gasteiger charge is 2.15. The number of aromatic hydroxyl groups is 1. The van der Waals surface area contributed by atoms with Gasteiger partial charge in [0.05, 0.1) is 11.7 Å². The topological polar surface area (TPSA) is 137 Å². The first-order valence-corrected chi connectivity index (χ1v) is 10.4. The highest BCUT2D eigenvalue weighted by Crippen LogP contribution is 2.35. The lowest BCUT2D eigenvalue weighted by Gasteiger charge is -2.17. The number of rotatable bonds is 6. The van der Waals surface area contributed by atoms with Gasteiger partial charge in [0.15, 0.2) is 0 Å².